The molecule has 0 fully saturated rings. The van der Waals surface area contributed by atoms with Crippen LogP contribution < -0.4 is 10.5 Å². The summed E-state index contributed by atoms with van der Waals surface area (Å²) >= 11 is 0. The van der Waals surface area contributed by atoms with E-state index in [1.54, 1.807) is 36.3 Å². The van der Waals surface area contributed by atoms with Crippen LogP contribution in [0.2, 0.25) is 0 Å². The van der Waals surface area contributed by atoms with E-state index in [1.807, 2.05) is 6.92 Å². The van der Waals surface area contributed by atoms with Gasteiger partial charge in [0.25, 0.3) is 5.91 Å². The van der Waals surface area contributed by atoms with Crippen LogP contribution in [0.5, 0.6) is 5.75 Å². The molecule has 0 radical (unpaired) electrons. The monoisotopic (exact) mass is 278 g/mol. The van der Waals surface area contributed by atoms with E-state index in [2.05, 4.69) is 6.58 Å². The van der Waals surface area contributed by atoms with Crippen molar-refractivity contribution in [3.8, 4) is 5.75 Å². The summed E-state index contributed by atoms with van der Waals surface area (Å²) in [6.45, 7) is 7.37. The Hall–Kier alpha value is -2.01. The SMILES string of the molecule is C=CCN(CCOC)C(=O)c1c(N)cccc1OCC. The average molecular weight is 278 g/mol. The van der Waals surface area contributed by atoms with E-state index in [1.165, 1.54) is 0 Å². The van der Waals surface area contributed by atoms with Crippen molar-refractivity contribution < 1.29 is 14.3 Å². The Morgan fingerprint density at radius 3 is 2.85 bits per heavy atom. The average Bonchev–Trinajstić information content (AvgIpc) is 2.43. The zero-order valence-electron chi connectivity index (χ0n) is 12.1. The maximum atomic E-state index is 12.6. The summed E-state index contributed by atoms with van der Waals surface area (Å²) in [6.07, 6.45) is 1.67. The van der Waals surface area contributed by atoms with Gasteiger partial charge in [0.05, 0.1) is 13.2 Å². The van der Waals surface area contributed by atoms with Crippen LogP contribution in [0.1, 0.15) is 17.3 Å². The first-order valence-electron chi connectivity index (χ1n) is 6.56. The summed E-state index contributed by atoms with van der Waals surface area (Å²) in [4.78, 5) is 14.2. The van der Waals surface area contributed by atoms with Gasteiger partial charge >= 0.3 is 0 Å². The lowest BCUT2D eigenvalue weighted by Crippen LogP contribution is -2.34. The van der Waals surface area contributed by atoms with Crippen LogP contribution in [-0.2, 0) is 4.74 Å². The number of benzene rings is 1. The van der Waals surface area contributed by atoms with E-state index >= 15 is 0 Å². The Morgan fingerprint density at radius 1 is 1.50 bits per heavy atom. The van der Waals surface area contributed by atoms with Crippen LogP contribution in [-0.4, -0.2) is 44.2 Å². The lowest BCUT2D eigenvalue weighted by molar-refractivity contribution is 0.0715. The molecule has 0 aliphatic carbocycles. The second-order valence-electron chi connectivity index (χ2n) is 4.19. The summed E-state index contributed by atoms with van der Waals surface area (Å²) in [5.41, 5.74) is 6.74. The second kappa shape index (κ2) is 8.22. The Labute approximate surface area is 120 Å². The van der Waals surface area contributed by atoms with Crippen LogP contribution in [0, 0.1) is 0 Å². The third-order valence-electron chi connectivity index (χ3n) is 2.77. The fraction of sp³-hybridized carbons (Fsp3) is 0.400. The molecule has 5 nitrogen and oxygen atoms in total. The smallest absolute Gasteiger partial charge is 0.260 e. The highest BCUT2D eigenvalue weighted by molar-refractivity contribution is 6.02. The minimum Gasteiger partial charge on any atom is -0.493 e. The first-order valence-corrected chi connectivity index (χ1v) is 6.56. The molecule has 5 heteroatoms. The molecule has 0 unspecified atom stereocenters. The Balaban J connectivity index is 3.06. The third kappa shape index (κ3) is 3.99. The molecule has 0 atom stereocenters. The standard InChI is InChI=1S/C15H22N2O3/c1-4-9-17(10-11-19-3)15(18)14-12(16)7-6-8-13(14)20-5-2/h4,6-8H,1,5,9-11,16H2,2-3H3. The molecule has 1 aromatic carbocycles. The van der Waals surface area contributed by atoms with Gasteiger partial charge in [0, 0.05) is 25.9 Å². The summed E-state index contributed by atoms with van der Waals surface area (Å²) < 4.78 is 10.5. The van der Waals surface area contributed by atoms with Crippen molar-refractivity contribution in [2.75, 3.05) is 39.1 Å². The summed E-state index contributed by atoms with van der Waals surface area (Å²) in [5.74, 6) is 0.326. The number of hydrogen-bond acceptors (Lipinski definition) is 4. The molecule has 0 aromatic heterocycles. The van der Waals surface area contributed by atoms with Crippen molar-refractivity contribution >= 4 is 11.6 Å². The van der Waals surface area contributed by atoms with Gasteiger partial charge in [-0.05, 0) is 19.1 Å². The van der Waals surface area contributed by atoms with Crippen LogP contribution in [0.25, 0.3) is 0 Å². The molecule has 20 heavy (non-hydrogen) atoms. The molecule has 0 aliphatic rings. The molecule has 0 saturated heterocycles. The Morgan fingerprint density at radius 2 is 2.25 bits per heavy atom. The number of nitrogens with zero attached hydrogens (tertiary/aromatic N) is 1. The Kier molecular flexibility index (Phi) is 6.59. The van der Waals surface area contributed by atoms with Gasteiger partial charge in [0.15, 0.2) is 0 Å². The lowest BCUT2D eigenvalue weighted by Gasteiger charge is -2.23. The summed E-state index contributed by atoms with van der Waals surface area (Å²) in [6, 6.07) is 5.21. The van der Waals surface area contributed by atoms with Crippen molar-refractivity contribution in [3.63, 3.8) is 0 Å². The van der Waals surface area contributed by atoms with E-state index in [9.17, 15) is 4.79 Å². The van der Waals surface area contributed by atoms with Gasteiger partial charge in [-0.25, -0.2) is 0 Å². The van der Waals surface area contributed by atoms with E-state index in [0.717, 1.165) is 0 Å². The number of carbonyl (C=O) groups excluding carboxylic acids is 1. The van der Waals surface area contributed by atoms with Crippen molar-refractivity contribution in [3.05, 3.63) is 36.4 Å². The van der Waals surface area contributed by atoms with Crippen molar-refractivity contribution in [2.45, 2.75) is 6.92 Å². The van der Waals surface area contributed by atoms with Crippen molar-refractivity contribution in [1.29, 1.82) is 0 Å². The number of hydrogen-bond donors (Lipinski definition) is 1. The number of methoxy groups -OCH3 is 1. The number of ether oxygens (including phenoxy) is 2. The van der Waals surface area contributed by atoms with Gasteiger partial charge < -0.3 is 20.1 Å². The predicted octanol–water partition coefficient (Wildman–Crippen LogP) is 1.94. The number of amides is 1. The van der Waals surface area contributed by atoms with Gasteiger partial charge in [-0.1, -0.05) is 12.1 Å². The molecule has 0 aliphatic heterocycles. The molecule has 0 heterocycles. The van der Waals surface area contributed by atoms with Gasteiger partial charge in [-0.3, -0.25) is 4.79 Å². The Bertz CT molecular complexity index is 460. The van der Waals surface area contributed by atoms with Gasteiger partial charge in [0.1, 0.15) is 11.3 Å². The van der Waals surface area contributed by atoms with E-state index in [-0.39, 0.29) is 5.91 Å². The molecule has 1 aromatic rings. The fourth-order valence-corrected chi connectivity index (χ4v) is 1.84. The number of rotatable bonds is 8. The molecule has 0 spiro atoms. The maximum Gasteiger partial charge on any atom is 0.260 e. The summed E-state index contributed by atoms with van der Waals surface area (Å²) in [5, 5.41) is 0. The zero-order chi connectivity index (χ0) is 15.0. The van der Waals surface area contributed by atoms with E-state index in [0.29, 0.717) is 43.3 Å². The van der Waals surface area contributed by atoms with Crippen LogP contribution >= 0.6 is 0 Å². The van der Waals surface area contributed by atoms with Gasteiger partial charge in [-0.2, -0.15) is 0 Å². The first kappa shape index (κ1) is 16.0. The fourth-order valence-electron chi connectivity index (χ4n) is 1.84. The molecule has 0 bridgehead atoms. The molecule has 1 rings (SSSR count). The molecule has 2 N–H and O–H groups in total. The van der Waals surface area contributed by atoms with Gasteiger partial charge in [-0.15, -0.1) is 6.58 Å². The number of carbonyl (C=O) groups is 1. The topological polar surface area (TPSA) is 64.8 Å². The van der Waals surface area contributed by atoms with E-state index in [4.69, 9.17) is 15.2 Å². The number of nitrogen functional groups attached to an aromatic ring is 1. The second-order valence-corrected chi connectivity index (χ2v) is 4.19. The quantitative estimate of drug-likeness (QED) is 0.583. The maximum absolute atomic E-state index is 12.6. The summed E-state index contributed by atoms with van der Waals surface area (Å²) in [7, 11) is 1.60. The largest absolute Gasteiger partial charge is 0.493 e. The normalized spacial score (nSPS) is 10.1. The third-order valence-corrected chi connectivity index (χ3v) is 2.77. The highest BCUT2D eigenvalue weighted by Crippen LogP contribution is 2.26. The highest BCUT2D eigenvalue weighted by atomic mass is 16.5. The molecule has 1 amide bonds. The molecule has 110 valence electrons. The number of nitrogens with two attached hydrogens (primary N) is 1. The molecular weight excluding hydrogens is 256 g/mol. The minimum absolute atomic E-state index is 0.177. The van der Waals surface area contributed by atoms with Crippen LogP contribution in [0.4, 0.5) is 5.69 Å². The van der Waals surface area contributed by atoms with Crippen molar-refractivity contribution in [2.24, 2.45) is 0 Å². The van der Waals surface area contributed by atoms with Crippen molar-refractivity contribution in [1.82, 2.24) is 4.90 Å². The predicted molar refractivity (Wildman–Crippen MR) is 80.0 cm³/mol. The van der Waals surface area contributed by atoms with E-state index < -0.39 is 0 Å². The lowest BCUT2D eigenvalue weighted by atomic mass is 10.1. The number of anilines is 1. The highest BCUT2D eigenvalue weighted by Gasteiger charge is 2.21. The first-order chi connectivity index (χ1) is 9.65. The molecular formula is C15H22N2O3. The zero-order valence-corrected chi connectivity index (χ0v) is 12.1. The minimum atomic E-state index is -0.177. The van der Waals surface area contributed by atoms with Crippen LogP contribution in [0.15, 0.2) is 30.9 Å². The van der Waals surface area contributed by atoms with Crippen LogP contribution in [0.3, 0.4) is 0 Å². The molecule has 0 saturated carbocycles. The van der Waals surface area contributed by atoms with Gasteiger partial charge in [0.2, 0.25) is 0 Å².